The van der Waals surface area contributed by atoms with Crippen LogP contribution in [-0.4, -0.2) is 34.7 Å². The Bertz CT molecular complexity index is 954. The molecule has 0 aliphatic heterocycles. The van der Waals surface area contributed by atoms with Crippen LogP contribution in [0.15, 0.2) is 67.0 Å². The molecule has 0 saturated carbocycles. The first kappa shape index (κ1) is 20.1. The summed E-state index contributed by atoms with van der Waals surface area (Å²) in [7, 11) is 0. The van der Waals surface area contributed by atoms with E-state index < -0.39 is 0 Å². The Balaban J connectivity index is 1.53. The fourth-order valence-electron chi connectivity index (χ4n) is 2.90. The zero-order valence-corrected chi connectivity index (χ0v) is 16.3. The minimum Gasteiger partial charge on any atom is -0.493 e. The van der Waals surface area contributed by atoms with Crippen LogP contribution in [0.5, 0.6) is 5.75 Å². The molecule has 0 atom stereocenters. The predicted molar refractivity (Wildman–Crippen MR) is 110 cm³/mol. The van der Waals surface area contributed by atoms with E-state index in [9.17, 15) is 9.59 Å². The van der Waals surface area contributed by atoms with E-state index in [2.05, 4.69) is 15.7 Å². The number of carbonyl (C=O) groups is 2. The number of hydrogen-bond acceptors (Lipinski definition) is 4. The van der Waals surface area contributed by atoms with Gasteiger partial charge in [0.15, 0.2) is 0 Å². The van der Waals surface area contributed by atoms with Crippen molar-refractivity contribution in [2.75, 3.05) is 13.2 Å². The van der Waals surface area contributed by atoms with Crippen LogP contribution in [0.1, 0.15) is 28.4 Å². The van der Waals surface area contributed by atoms with Gasteiger partial charge in [-0.1, -0.05) is 36.4 Å². The highest BCUT2D eigenvalue weighted by Crippen LogP contribution is 2.17. The highest BCUT2D eigenvalue weighted by atomic mass is 16.5. The van der Waals surface area contributed by atoms with Crippen LogP contribution in [0, 0.1) is 0 Å². The van der Waals surface area contributed by atoms with Gasteiger partial charge in [0, 0.05) is 18.9 Å². The van der Waals surface area contributed by atoms with Crippen molar-refractivity contribution in [3.05, 3.63) is 83.7 Å². The van der Waals surface area contributed by atoms with Crippen molar-refractivity contribution in [2.24, 2.45) is 0 Å². The van der Waals surface area contributed by atoms with Gasteiger partial charge in [-0.3, -0.25) is 14.3 Å². The quantitative estimate of drug-likeness (QED) is 0.586. The Morgan fingerprint density at radius 2 is 1.76 bits per heavy atom. The Morgan fingerprint density at radius 3 is 2.52 bits per heavy atom. The van der Waals surface area contributed by atoms with Gasteiger partial charge < -0.3 is 15.4 Å². The summed E-state index contributed by atoms with van der Waals surface area (Å²) in [5.41, 5.74) is 2.49. The Morgan fingerprint density at radius 1 is 1.00 bits per heavy atom. The number of benzene rings is 2. The molecule has 0 unspecified atom stereocenters. The van der Waals surface area contributed by atoms with Crippen molar-refractivity contribution in [3.8, 4) is 5.75 Å². The molecule has 7 heteroatoms. The van der Waals surface area contributed by atoms with Crippen molar-refractivity contribution >= 4 is 11.8 Å². The van der Waals surface area contributed by atoms with Gasteiger partial charge in [-0.2, -0.15) is 5.10 Å². The molecule has 1 aromatic heterocycles. The molecule has 3 aromatic rings. The number of aromatic nitrogens is 2. The van der Waals surface area contributed by atoms with E-state index in [1.807, 2.05) is 48.1 Å². The lowest BCUT2D eigenvalue weighted by Gasteiger charge is -2.12. The van der Waals surface area contributed by atoms with E-state index in [0.717, 1.165) is 11.1 Å². The first-order valence-electron chi connectivity index (χ1n) is 9.48. The van der Waals surface area contributed by atoms with Gasteiger partial charge in [-0.25, -0.2) is 0 Å². The number of ether oxygens (including phenoxy) is 1. The van der Waals surface area contributed by atoms with E-state index >= 15 is 0 Å². The summed E-state index contributed by atoms with van der Waals surface area (Å²) >= 11 is 0. The number of amides is 2. The van der Waals surface area contributed by atoms with Crippen LogP contribution in [-0.2, 0) is 17.9 Å². The van der Waals surface area contributed by atoms with Crippen molar-refractivity contribution in [3.63, 3.8) is 0 Å². The topological polar surface area (TPSA) is 85.2 Å². The molecule has 0 aliphatic carbocycles. The third-order valence-electron chi connectivity index (χ3n) is 4.33. The SMILES string of the molecule is CCOc1ccccc1C(=O)NCC(=O)NCc1ccccc1Cn1cccn1. The average molecular weight is 392 g/mol. The predicted octanol–water partition coefficient (Wildman–Crippen LogP) is 2.38. The average Bonchev–Trinajstić information content (AvgIpc) is 3.25. The summed E-state index contributed by atoms with van der Waals surface area (Å²) in [6, 6.07) is 16.7. The number of carbonyl (C=O) groups excluding carboxylic acids is 2. The molecule has 0 bridgehead atoms. The van der Waals surface area contributed by atoms with Gasteiger partial charge in [0.1, 0.15) is 5.75 Å². The Kier molecular flexibility index (Phi) is 7.00. The summed E-state index contributed by atoms with van der Waals surface area (Å²) < 4.78 is 7.29. The third kappa shape index (κ3) is 5.68. The van der Waals surface area contributed by atoms with E-state index in [4.69, 9.17) is 4.74 Å². The van der Waals surface area contributed by atoms with Crippen molar-refractivity contribution in [1.29, 1.82) is 0 Å². The van der Waals surface area contributed by atoms with E-state index in [-0.39, 0.29) is 18.4 Å². The van der Waals surface area contributed by atoms with Crippen molar-refractivity contribution in [2.45, 2.75) is 20.0 Å². The van der Waals surface area contributed by atoms with Crippen LogP contribution in [0.4, 0.5) is 0 Å². The number of para-hydroxylation sites is 1. The van der Waals surface area contributed by atoms with Gasteiger partial charge in [-0.05, 0) is 36.2 Å². The van der Waals surface area contributed by atoms with Crippen molar-refractivity contribution in [1.82, 2.24) is 20.4 Å². The normalized spacial score (nSPS) is 10.4. The summed E-state index contributed by atoms with van der Waals surface area (Å²) in [5.74, 6) is -0.107. The zero-order valence-electron chi connectivity index (χ0n) is 16.3. The smallest absolute Gasteiger partial charge is 0.255 e. The minimum absolute atomic E-state index is 0.111. The first-order valence-corrected chi connectivity index (χ1v) is 9.48. The van der Waals surface area contributed by atoms with Gasteiger partial charge in [0.25, 0.3) is 5.91 Å². The second-order valence-corrected chi connectivity index (χ2v) is 6.36. The molecule has 0 radical (unpaired) electrons. The standard InChI is InChI=1S/C22H24N4O3/c1-2-29-20-11-6-5-10-19(20)22(28)24-15-21(27)23-14-17-8-3-4-9-18(17)16-26-13-7-12-25-26/h3-13H,2,14-16H2,1H3,(H,23,27)(H,24,28). The number of rotatable bonds is 9. The van der Waals surface area contributed by atoms with Crippen LogP contribution in [0.2, 0.25) is 0 Å². The van der Waals surface area contributed by atoms with Crippen LogP contribution < -0.4 is 15.4 Å². The molecule has 3 rings (SSSR count). The van der Waals surface area contributed by atoms with Gasteiger partial charge >= 0.3 is 0 Å². The lowest BCUT2D eigenvalue weighted by Crippen LogP contribution is -2.36. The second kappa shape index (κ2) is 10.1. The minimum atomic E-state index is -0.344. The molecule has 150 valence electrons. The van der Waals surface area contributed by atoms with Crippen LogP contribution >= 0.6 is 0 Å². The van der Waals surface area contributed by atoms with E-state index in [1.165, 1.54) is 0 Å². The lowest BCUT2D eigenvalue weighted by molar-refractivity contribution is -0.120. The molecule has 0 saturated heterocycles. The number of hydrogen-bond donors (Lipinski definition) is 2. The molecule has 0 fully saturated rings. The highest BCUT2D eigenvalue weighted by Gasteiger charge is 2.13. The van der Waals surface area contributed by atoms with Crippen LogP contribution in [0.3, 0.4) is 0 Å². The molecule has 29 heavy (non-hydrogen) atoms. The Hall–Kier alpha value is -3.61. The number of nitrogens with one attached hydrogen (secondary N) is 2. The molecule has 2 N–H and O–H groups in total. The van der Waals surface area contributed by atoms with Gasteiger partial charge in [0.2, 0.25) is 5.91 Å². The maximum Gasteiger partial charge on any atom is 0.255 e. The molecule has 1 heterocycles. The Labute approximate surface area is 169 Å². The summed E-state index contributed by atoms with van der Waals surface area (Å²) in [6.45, 7) is 3.21. The van der Waals surface area contributed by atoms with Gasteiger partial charge in [0.05, 0.1) is 25.3 Å². The fraction of sp³-hybridized carbons (Fsp3) is 0.227. The zero-order chi connectivity index (χ0) is 20.5. The third-order valence-corrected chi connectivity index (χ3v) is 4.33. The second-order valence-electron chi connectivity index (χ2n) is 6.36. The van der Waals surface area contributed by atoms with Crippen LogP contribution in [0.25, 0.3) is 0 Å². The molecular formula is C22H24N4O3. The fourth-order valence-corrected chi connectivity index (χ4v) is 2.90. The molecular weight excluding hydrogens is 368 g/mol. The molecule has 2 aromatic carbocycles. The molecule has 0 aliphatic rings. The molecule has 0 spiro atoms. The number of nitrogens with zero attached hydrogens (tertiary/aromatic N) is 2. The molecule has 7 nitrogen and oxygen atoms in total. The summed E-state index contributed by atoms with van der Waals surface area (Å²) in [5, 5.41) is 9.71. The van der Waals surface area contributed by atoms with Gasteiger partial charge in [-0.15, -0.1) is 0 Å². The first-order chi connectivity index (χ1) is 14.2. The summed E-state index contributed by atoms with van der Waals surface area (Å²) in [6.07, 6.45) is 3.63. The molecule has 2 amide bonds. The maximum atomic E-state index is 12.4. The maximum absolute atomic E-state index is 12.4. The summed E-state index contributed by atoms with van der Waals surface area (Å²) in [4.78, 5) is 24.6. The largest absolute Gasteiger partial charge is 0.493 e. The lowest BCUT2D eigenvalue weighted by atomic mass is 10.1. The van der Waals surface area contributed by atoms with E-state index in [0.29, 0.717) is 31.0 Å². The highest BCUT2D eigenvalue weighted by molar-refractivity contribution is 5.98. The monoisotopic (exact) mass is 392 g/mol. The van der Waals surface area contributed by atoms with E-state index in [1.54, 1.807) is 30.5 Å². The van der Waals surface area contributed by atoms with Crippen molar-refractivity contribution < 1.29 is 14.3 Å².